The first-order valence-corrected chi connectivity index (χ1v) is 7.56. The van der Waals surface area contributed by atoms with Crippen LogP contribution in [-0.4, -0.2) is 12.5 Å². The van der Waals surface area contributed by atoms with E-state index >= 15 is 0 Å². The van der Waals surface area contributed by atoms with Gasteiger partial charge in [-0.15, -0.1) is 11.8 Å². The standard InChI is InChI=1S/C9H12S3/c1-10-9(12-11-2)8-6-4-3-5-7-8/h3-7,9H,1-2H3. The Morgan fingerprint density at radius 3 is 2.25 bits per heavy atom. The minimum Gasteiger partial charge on any atom is -0.145 e. The normalized spacial score (nSPS) is 12.8. The van der Waals surface area contributed by atoms with E-state index in [1.165, 1.54) is 5.56 Å². The van der Waals surface area contributed by atoms with E-state index in [2.05, 4.69) is 42.8 Å². The molecule has 1 aromatic carbocycles. The molecular weight excluding hydrogens is 204 g/mol. The van der Waals surface area contributed by atoms with Gasteiger partial charge in [0.2, 0.25) is 0 Å². The summed E-state index contributed by atoms with van der Waals surface area (Å²) < 4.78 is 0.571. The van der Waals surface area contributed by atoms with Crippen LogP contribution in [0, 0.1) is 0 Å². The van der Waals surface area contributed by atoms with Gasteiger partial charge in [0.1, 0.15) is 0 Å². The maximum absolute atomic E-state index is 2.18. The van der Waals surface area contributed by atoms with Crippen molar-refractivity contribution in [1.29, 1.82) is 0 Å². The number of hydrogen-bond acceptors (Lipinski definition) is 3. The highest BCUT2D eigenvalue weighted by atomic mass is 33.1. The highest BCUT2D eigenvalue weighted by Crippen LogP contribution is 2.43. The maximum atomic E-state index is 2.18. The Labute approximate surface area is 86.3 Å². The molecule has 0 aliphatic carbocycles. The molecule has 0 bridgehead atoms. The van der Waals surface area contributed by atoms with Crippen LogP contribution in [0.4, 0.5) is 0 Å². The summed E-state index contributed by atoms with van der Waals surface area (Å²) in [6.45, 7) is 0. The molecule has 0 aliphatic heterocycles. The van der Waals surface area contributed by atoms with Crippen molar-refractivity contribution in [2.45, 2.75) is 4.58 Å². The molecule has 0 spiro atoms. The minimum absolute atomic E-state index is 0.571. The molecule has 0 aliphatic rings. The van der Waals surface area contributed by atoms with Crippen LogP contribution in [0.15, 0.2) is 30.3 Å². The Morgan fingerprint density at radius 2 is 1.75 bits per heavy atom. The first kappa shape index (κ1) is 10.4. The highest BCUT2D eigenvalue weighted by molar-refractivity contribution is 8.77. The summed E-state index contributed by atoms with van der Waals surface area (Å²) in [4.78, 5) is 0. The van der Waals surface area contributed by atoms with Crippen LogP contribution >= 0.6 is 33.3 Å². The summed E-state index contributed by atoms with van der Waals surface area (Å²) in [6.07, 6.45) is 4.28. The molecule has 0 radical (unpaired) electrons. The van der Waals surface area contributed by atoms with Crippen molar-refractivity contribution in [3.05, 3.63) is 35.9 Å². The zero-order chi connectivity index (χ0) is 8.81. The van der Waals surface area contributed by atoms with Gasteiger partial charge in [0, 0.05) is 0 Å². The molecule has 12 heavy (non-hydrogen) atoms. The van der Waals surface area contributed by atoms with E-state index in [1.807, 2.05) is 33.3 Å². The predicted molar refractivity (Wildman–Crippen MR) is 63.8 cm³/mol. The molecule has 66 valence electrons. The van der Waals surface area contributed by atoms with Crippen molar-refractivity contribution in [3.63, 3.8) is 0 Å². The summed E-state index contributed by atoms with van der Waals surface area (Å²) in [7, 11) is 3.73. The van der Waals surface area contributed by atoms with Crippen LogP contribution in [0.1, 0.15) is 10.1 Å². The van der Waals surface area contributed by atoms with Crippen molar-refractivity contribution in [1.82, 2.24) is 0 Å². The van der Waals surface area contributed by atoms with E-state index < -0.39 is 0 Å². The van der Waals surface area contributed by atoms with Gasteiger partial charge in [0.25, 0.3) is 0 Å². The highest BCUT2D eigenvalue weighted by Gasteiger charge is 2.08. The maximum Gasteiger partial charge on any atom is 0.0852 e. The van der Waals surface area contributed by atoms with Gasteiger partial charge < -0.3 is 0 Å². The topological polar surface area (TPSA) is 0 Å². The van der Waals surface area contributed by atoms with Gasteiger partial charge in [-0.1, -0.05) is 51.9 Å². The van der Waals surface area contributed by atoms with Gasteiger partial charge in [-0.25, -0.2) is 0 Å². The van der Waals surface area contributed by atoms with E-state index in [1.54, 1.807) is 0 Å². The van der Waals surface area contributed by atoms with Crippen molar-refractivity contribution < 1.29 is 0 Å². The molecular formula is C9H12S3. The fourth-order valence-electron chi connectivity index (χ4n) is 0.928. The summed E-state index contributed by atoms with van der Waals surface area (Å²) in [5, 5.41) is 0. The van der Waals surface area contributed by atoms with Gasteiger partial charge in [-0.05, 0) is 18.1 Å². The van der Waals surface area contributed by atoms with Gasteiger partial charge in [-0.2, -0.15) is 0 Å². The third kappa shape index (κ3) is 2.96. The second-order valence-corrected chi connectivity index (χ2v) is 6.06. The van der Waals surface area contributed by atoms with Crippen LogP contribution in [0.25, 0.3) is 0 Å². The lowest BCUT2D eigenvalue weighted by molar-refractivity contribution is 1.39. The minimum atomic E-state index is 0.571. The molecule has 0 N–H and O–H groups in total. The summed E-state index contributed by atoms with van der Waals surface area (Å²) in [5.74, 6) is 0. The van der Waals surface area contributed by atoms with Crippen LogP contribution in [-0.2, 0) is 0 Å². The molecule has 0 aromatic heterocycles. The monoisotopic (exact) mass is 216 g/mol. The average molecular weight is 216 g/mol. The second-order valence-electron chi connectivity index (χ2n) is 2.24. The zero-order valence-electron chi connectivity index (χ0n) is 7.19. The third-order valence-electron chi connectivity index (χ3n) is 1.47. The fourth-order valence-corrected chi connectivity index (χ4v) is 4.39. The Kier molecular flexibility index (Phi) is 5.04. The first-order chi connectivity index (χ1) is 5.88. The first-order valence-electron chi connectivity index (χ1n) is 3.65. The number of thioether (sulfide) groups is 1. The van der Waals surface area contributed by atoms with E-state index in [0.717, 1.165) is 0 Å². The zero-order valence-corrected chi connectivity index (χ0v) is 9.64. The van der Waals surface area contributed by atoms with Gasteiger partial charge in [0.05, 0.1) is 4.58 Å². The van der Waals surface area contributed by atoms with Crippen molar-refractivity contribution >= 4 is 33.3 Å². The van der Waals surface area contributed by atoms with E-state index in [0.29, 0.717) is 4.58 Å². The van der Waals surface area contributed by atoms with Gasteiger partial charge in [0.15, 0.2) is 0 Å². The number of benzene rings is 1. The molecule has 1 aromatic rings. The average Bonchev–Trinajstić information content (AvgIpc) is 2.15. The van der Waals surface area contributed by atoms with Crippen molar-refractivity contribution in [2.75, 3.05) is 12.5 Å². The Balaban J connectivity index is 2.66. The molecule has 3 heteroatoms. The van der Waals surface area contributed by atoms with Crippen molar-refractivity contribution in [2.24, 2.45) is 0 Å². The summed E-state index contributed by atoms with van der Waals surface area (Å²) in [5.41, 5.74) is 1.41. The lowest BCUT2D eigenvalue weighted by Gasteiger charge is -2.11. The fraction of sp³-hybridized carbons (Fsp3) is 0.333. The molecule has 0 saturated carbocycles. The molecule has 0 fully saturated rings. The molecule has 1 rings (SSSR count). The quantitative estimate of drug-likeness (QED) is 0.550. The lowest BCUT2D eigenvalue weighted by Crippen LogP contribution is -1.84. The summed E-state index contributed by atoms with van der Waals surface area (Å²) >= 11 is 1.89. The largest absolute Gasteiger partial charge is 0.145 e. The predicted octanol–water partition coefficient (Wildman–Crippen LogP) is 4.06. The Morgan fingerprint density at radius 1 is 1.08 bits per heavy atom. The summed E-state index contributed by atoms with van der Waals surface area (Å²) in [6, 6.07) is 10.6. The van der Waals surface area contributed by atoms with Crippen LogP contribution in [0.2, 0.25) is 0 Å². The van der Waals surface area contributed by atoms with Crippen LogP contribution < -0.4 is 0 Å². The molecule has 0 saturated heterocycles. The van der Waals surface area contributed by atoms with Crippen LogP contribution in [0.5, 0.6) is 0 Å². The van der Waals surface area contributed by atoms with Crippen molar-refractivity contribution in [3.8, 4) is 0 Å². The molecule has 0 nitrogen and oxygen atoms in total. The Bertz CT molecular complexity index is 210. The van der Waals surface area contributed by atoms with E-state index in [4.69, 9.17) is 0 Å². The molecule has 1 atom stereocenters. The second kappa shape index (κ2) is 5.84. The van der Waals surface area contributed by atoms with Crippen LogP contribution in [0.3, 0.4) is 0 Å². The van der Waals surface area contributed by atoms with Gasteiger partial charge >= 0.3 is 0 Å². The molecule has 0 heterocycles. The molecule has 0 amide bonds. The molecule has 1 unspecified atom stereocenters. The number of rotatable bonds is 4. The number of hydrogen-bond donors (Lipinski definition) is 0. The SMILES string of the molecule is CSSC(SC)c1ccccc1. The smallest absolute Gasteiger partial charge is 0.0852 e. The third-order valence-corrected chi connectivity index (χ3v) is 5.20. The van der Waals surface area contributed by atoms with E-state index in [-0.39, 0.29) is 0 Å². The lowest BCUT2D eigenvalue weighted by atomic mass is 10.2. The van der Waals surface area contributed by atoms with E-state index in [9.17, 15) is 0 Å². The van der Waals surface area contributed by atoms with Gasteiger partial charge in [-0.3, -0.25) is 0 Å². The Hall–Kier alpha value is 0.270.